The van der Waals surface area contributed by atoms with Crippen LogP contribution >= 0.6 is 11.3 Å². The van der Waals surface area contributed by atoms with Crippen LogP contribution in [0.3, 0.4) is 0 Å². The van der Waals surface area contributed by atoms with E-state index in [0.29, 0.717) is 0 Å². The Labute approximate surface area is 102 Å². The Morgan fingerprint density at radius 1 is 1.43 bits per heavy atom. The van der Waals surface area contributed by atoms with Crippen LogP contribution in [0.15, 0.2) is 16.8 Å². The van der Waals surface area contributed by atoms with Gasteiger partial charge in [-0.3, -0.25) is 0 Å². The van der Waals surface area contributed by atoms with Crippen molar-refractivity contribution >= 4 is 32.9 Å². The second kappa shape index (κ2) is 8.74. The fourth-order valence-corrected chi connectivity index (χ4v) is 4.54. The van der Waals surface area contributed by atoms with Gasteiger partial charge in [-0.15, -0.1) is 0 Å². The van der Waals surface area contributed by atoms with Gasteiger partial charge in [0.25, 0.3) is 0 Å². The van der Waals surface area contributed by atoms with Crippen molar-refractivity contribution < 1.29 is 3.07 Å². The minimum atomic E-state index is -0.436. The molecule has 0 saturated carbocycles. The summed E-state index contributed by atoms with van der Waals surface area (Å²) in [6.45, 7) is 3.24. The zero-order chi connectivity index (χ0) is 10.1. The molecule has 0 spiro atoms. The summed E-state index contributed by atoms with van der Waals surface area (Å²) in [6.07, 6.45) is 5.08. The fraction of sp³-hybridized carbons (Fsp3) is 0.636. The molecule has 14 heavy (non-hydrogen) atoms. The van der Waals surface area contributed by atoms with Crippen molar-refractivity contribution in [1.82, 2.24) is 0 Å². The zero-order valence-electron chi connectivity index (χ0n) is 8.79. The van der Waals surface area contributed by atoms with Crippen molar-refractivity contribution in [3.63, 3.8) is 0 Å². The van der Waals surface area contributed by atoms with Gasteiger partial charge < -0.3 is 0 Å². The second-order valence-electron chi connectivity index (χ2n) is 3.33. The summed E-state index contributed by atoms with van der Waals surface area (Å²) < 4.78 is 7.09. The van der Waals surface area contributed by atoms with Gasteiger partial charge in [-0.1, -0.05) is 0 Å². The fourth-order valence-electron chi connectivity index (χ4n) is 1.18. The van der Waals surface area contributed by atoms with Crippen molar-refractivity contribution in [1.29, 1.82) is 0 Å². The Morgan fingerprint density at radius 3 is 3.07 bits per heavy atom. The van der Waals surface area contributed by atoms with Gasteiger partial charge in [0.05, 0.1) is 0 Å². The molecule has 0 aromatic carbocycles. The number of unbranched alkanes of at least 4 members (excludes halogenated alkanes) is 1. The molecular weight excluding hydrogens is 299 g/mol. The number of aryl methyl sites for hydroxylation is 1. The van der Waals surface area contributed by atoms with Gasteiger partial charge >= 0.3 is 102 Å². The van der Waals surface area contributed by atoms with Gasteiger partial charge in [0.15, 0.2) is 0 Å². The Kier molecular flexibility index (Phi) is 7.82. The van der Waals surface area contributed by atoms with Gasteiger partial charge in [-0.05, 0) is 0 Å². The first kappa shape index (κ1) is 12.5. The van der Waals surface area contributed by atoms with Crippen LogP contribution in [0.5, 0.6) is 0 Å². The molecule has 1 rings (SSSR count). The van der Waals surface area contributed by atoms with Crippen molar-refractivity contribution in [2.24, 2.45) is 0 Å². The Balaban J connectivity index is 1.85. The zero-order valence-corrected chi connectivity index (χ0v) is 12.5. The number of rotatable bonds is 8. The van der Waals surface area contributed by atoms with E-state index in [1.165, 1.54) is 35.7 Å². The summed E-state index contributed by atoms with van der Waals surface area (Å²) >= 11 is 1.35. The molecule has 0 N–H and O–H groups in total. The topological polar surface area (TPSA) is 9.23 Å². The quantitative estimate of drug-likeness (QED) is 0.526. The van der Waals surface area contributed by atoms with Gasteiger partial charge in [-0.2, -0.15) is 0 Å². The molecule has 0 saturated heterocycles. The standard InChI is InChI=1S/C7H9OS.C4H9.Sn/c8-4-1-2-7-3-5-9-6-7;1-3-4-2;/h3,5-6H,1-2,4H2;1,3-4H2,2H3;/q-1;;+1. The SMILES string of the molecule is CCC[CH2][Sn][O]CCCc1ccsc1. The average molecular weight is 317 g/mol. The van der Waals surface area contributed by atoms with Crippen molar-refractivity contribution in [3.05, 3.63) is 22.4 Å². The number of thiophene rings is 1. The molecule has 0 aliphatic rings. The number of hydrogen-bond donors (Lipinski definition) is 0. The maximum atomic E-state index is 5.71. The Hall–Kier alpha value is 0.459. The first-order valence-electron chi connectivity index (χ1n) is 5.29. The maximum absolute atomic E-state index is 5.71. The van der Waals surface area contributed by atoms with Gasteiger partial charge in [0.1, 0.15) is 0 Å². The molecular formula is C11H18OSSn. The van der Waals surface area contributed by atoms with E-state index < -0.39 is 21.6 Å². The molecule has 1 aromatic heterocycles. The molecule has 0 unspecified atom stereocenters. The summed E-state index contributed by atoms with van der Waals surface area (Å²) in [7, 11) is 0. The molecule has 1 nitrogen and oxygen atoms in total. The van der Waals surface area contributed by atoms with Crippen molar-refractivity contribution in [2.75, 3.05) is 6.61 Å². The molecule has 0 amide bonds. The summed E-state index contributed by atoms with van der Waals surface area (Å²) in [4.78, 5) is 0. The van der Waals surface area contributed by atoms with E-state index in [2.05, 4.69) is 23.8 Å². The molecule has 1 aromatic rings. The summed E-state index contributed by atoms with van der Waals surface area (Å²) in [6, 6.07) is 2.21. The molecule has 0 bridgehead atoms. The van der Waals surface area contributed by atoms with Gasteiger partial charge in [-0.25, -0.2) is 0 Å². The van der Waals surface area contributed by atoms with Crippen molar-refractivity contribution in [3.8, 4) is 0 Å². The average Bonchev–Trinajstić information content (AvgIpc) is 2.69. The molecule has 0 aliphatic carbocycles. The molecule has 78 valence electrons. The van der Waals surface area contributed by atoms with Crippen LogP contribution in [0.1, 0.15) is 31.7 Å². The van der Waals surface area contributed by atoms with E-state index in [9.17, 15) is 0 Å². The van der Waals surface area contributed by atoms with Crippen molar-refractivity contribution in [2.45, 2.75) is 37.0 Å². The monoisotopic (exact) mass is 318 g/mol. The van der Waals surface area contributed by atoms with Crippen LogP contribution in [0.25, 0.3) is 0 Å². The summed E-state index contributed by atoms with van der Waals surface area (Å²) in [5.74, 6) is 0. The van der Waals surface area contributed by atoms with E-state index in [1.54, 1.807) is 11.3 Å². The van der Waals surface area contributed by atoms with E-state index in [4.69, 9.17) is 3.07 Å². The third-order valence-electron chi connectivity index (χ3n) is 2.03. The van der Waals surface area contributed by atoms with Gasteiger partial charge in [0, 0.05) is 0 Å². The van der Waals surface area contributed by atoms with Crippen LogP contribution in [0.4, 0.5) is 0 Å². The van der Waals surface area contributed by atoms with E-state index in [-0.39, 0.29) is 0 Å². The van der Waals surface area contributed by atoms with Crippen LogP contribution in [-0.4, -0.2) is 28.2 Å². The predicted molar refractivity (Wildman–Crippen MR) is 64.1 cm³/mol. The van der Waals surface area contributed by atoms with Gasteiger partial charge in [0.2, 0.25) is 0 Å². The number of hydrogen-bond acceptors (Lipinski definition) is 2. The summed E-state index contributed by atoms with van der Waals surface area (Å²) in [5.41, 5.74) is 1.47. The van der Waals surface area contributed by atoms with Crippen LogP contribution in [0, 0.1) is 0 Å². The van der Waals surface area contributed by atoms with E-state index >= 15 is 0 Å². The molecule has 2 radical (unpaired) electrons. The molecule has 0 fully saturated rings. The third kappa shape index (κ3) is 6.04. The molecule has 1 heterocycles. The van der Waals surface area contributed by atoms with E-state index in [1.807, 2.05) is 0 Å². The minimum absolute atomic E-state index is 0.436. The van der Waals surface area contributed by atoms with Crippen LogP contribution in [-0.2, 0) is 9.49 Å². The van der Waals surface area contributed by atoms with Crippen LogP contribution in [0.2, 0.25) is 4.44 Å². The second-order valence-corrected chi connectivity index (χ2v) is 7.19. The normalized spacial score (nSPS) is 10.6. The van der Waals surface area contributed by atoms with E-state index in [0.717, 1.165) is 6.61 Å². The molecule has 3 heteroatoms. The van der Waals surface area contributed by atoms with Crippen LogP contribution < -0.4 is 0 Å². The Morgan fingerprint density at radius 2 is 2.36 bits per heavy atom. The first-order chi connectivity index (χ1) is 6.93. The third-order valence-corrected chi connectivity index (χ3v) is 5.52. The summed E-state index contributed by atoms with van der Waals surface area (Å²) in [5, 5.41) is 4.38. The molecule has 0 atom stereocenters. The predicted octanol–water partition coefficient (Wildman–Crippen LogP) is 3.53. The first-order valence-corrected chi connectivity index (χ1v) is 9.42. The Bertz CT molecular complexity index is 211. The molecule has 0 aliphatic heterocycles.